The maximum atomic E-state index is 3.28. The van der Waals surface area contributed by atoms with Crippen LogP contribution in [0, 0.1) is 6.92 Å². The zero-order valence-corrected chi connectivity index (χ0v) is 7.54. The number of aromatic nitrogens is 2. The summed E-state index contributed by atoms with van der Waals surface area (Å²) in [4.78, 5) is 3.28. The number of nitrogens with zero attached hydrogens (tertiary/aromatic N) is 1. The molecule has 64 valence electrons. The lowest BCUT2D eigenvalue weighted by molar-refractivity contribution is -0.670. The first-order valence-corrected chi connectivity index (χ1v) is 4.52. The highest BCUT2D eigenvalue weighted by atomic mass is 15.1. The number of benzene rings is 1. The zero-order valence-electron chi connectivity index (χ0n) is 7.54. The number of H-pyrrole nitrogens is 1. The van der Waals surface area contributed by atoms with Crippen LogP contribution in [0.2, 0.25) is 0 Å². The molecule has 2 heteroatoms. The summed E-state index contributed by atoms with van der Waals surface area (Å²) in [6.07, 6.45) is 4.08. The molecule has 3 rings (SSSR count). The third-order valence-electron chi connectivity index (χ3n) is 2.70. The van der Waals surface area contributed by atoms with Gasteiger partial charge in [-0.3, -0.25) is 0 Å². The SMILES string of the molecule is Cc1cccc2c1-c1[nH]cc[n+]1C2. The van der Waals surface area contributed by atoms with E-state index in [4.69, 9.17) is 0 Å². The molecular weight excluding hydrogens is 160 g/mol. The summed E-state index contributed by atoms with van der Waals surface area (Å²) < 4.78 is 2.25. The van der Waals surface area contributed by atoms with Crippen molar-refractivity contribution in [3.8, 4) is 11.4 Å². The maximum Gasteiger partial charge on any atom is 0.287 e. The molecule has 1 aromatic heterocycles. The maximum absolute atomic E-state index is 3.28. The molecule has 0 amide bonds. The molecule has 0 radical (unpaired) electrons. The molecular formula is C11H11N2+. The van der Waals surface area contributed by atoms with Crippen LogP contribution >= 0.6 is 0 Å². The molecule has 0 saturated heterocycles. The van der Waals surface area contributed by atoms with Gasteiger partial charge in [0, 0.05) is 5.56 Å². The molecule has 0 bridgehead atoms. The molecule has 0 aliphatic carbocycles. The molecule has 0 fully saturated rings. The monoisotopic (exact) mass is 171 g/mol. The highest BCUT2D eigenvalue weighted by molar-refractivity contribution is 5.64. The van der Waals surface area contributed by atoms with Gasteiger partial charge >= 0.3 is 0 Å². The molecule has 13 heavy (non-hydrogen) atoms. The third-order valence-corrected chi connectivity index (χ3v) is 2.70. The van der Waals surface area contributed by atoms with Crippen LogP contribution < -0.4 is 4.57 Å². The second-order valence-corrected chi connectivity index (χ2v) is 3.55. The number of aromatic amines is 1. The number of fused-ring (bicyclic) bond motifs is 3. The Balaban J connectivity index is 2.37. The van der Waals surface area contributed by atoms with Gasteiger partial charge in [-0.05, 0) is 12.5 Å². The number of nitrogens with one attached hydrogen (secondary N) is 1. The summed E-state index contributed by atoms with van der Waals surface area (Å²) in [5.74, 6) is 1.24. The molecule has 0 unspecified atom stereocenters. The number of imidazole rings is 1. The van der Waals surface area contributed by atoms with Crippen molar-refractivity contribution in [2.45, 2.75) is 13.5 Å². The smallest absolute Gasteiger partial charge is 0.243 e. The Labute approximate surface area is 76.9 Å². The lowest BCUT2D eigenvalue weighted by atomic mass is 10.0. The second kappa shape index (κ2) is 2.22. The molecule has 2 heterocycles. The van der Waals surface area contributed by atoms with E-state index in [1.807, 2.05) is 6.20 Å². The molecule has 2 aromatic rings. The first kappa shape index (κ1) is 6.89. The predicted molar refractivity (Wildman–Crippen MR) is 50.3 cm³/mol. The quantitative estimate of drug-likeness (QED) is 0.496. The molecule has 0 saturated carbocycles. The van der Waals surface area contributed by atoms with Crippen molar-refractivity contribution >= 4 is 0 Å². The highest BCUT2D eigenvalue weighted by Crippen LogP contribution is 2.27. The van der Waals surface area contributed by atoms with E-state index in [0.29, 0.717) is 0 Å². The van der Waals surface area contributed by atoms with Crippen LogP contribution in [0.5, 0.6) is 0 Å². The summed E-state index contributed by atoms with van der Waals surface area (Å²) in [5, 5.41) is 0. The summed E-state index contributed by atoms with van der Waals surface area (Å²) in [5.41, 5.74) is 4.16. The topological polar surface area (TPSA) is 19.7 Å². The van der Waals surface area contributed by atoms with Crippen molar-refractivity contribution in [2.24, 2.45) is 0 Å². The van der Waals surface area contributed by atoms with Gasteiger partial charge < -0.3 is 0 Å². The van der Waals surface area contributed by atoms with Crippen molar-refractivity contribution < 1.29 is 4.57 Å². The van der Waals surface area contributed by atoms with Gasteiger partial charge in [0.25, 0.3) is 5.82 Å². The number of hydrogen-bond acceptors (Lipinski definition) is 0. The summed E-state index contributed by atoms with van der Waals surface area (Å²) in [7, 11) is 0. The van der Waals surface area contributed by atoms with E-state index >= 15 is 0 Å². The largest absolute Gasteiger partial charge is 0.287 e. The average Bonchev–Trinajstić information content (AvgIpc) is 2.62. The fourth-order valence-electron chi connectivity index (χ4n) is 2.09. The molecule has 2 nitrogen and oxygen atoms in total. The Morgan fingerprint density at radius 2 is 2.31 bits per heavy atom. The van der Waals surface area contributed by atoms with E-state index in [2.05, 4.69) is 40.9 Å². The number of rotatable bonds is 0. The molecule has 0 spiro atoms. The lowest BCUT2D eigenvalue weighted by Crippen LogP contribution is -2.29. The van der Waals surface area contributed by atoms with Gasteiger partial charge in [-0.25, -0.2) is 9.55 Å². The third kappa shape index (κ3) is 0.800. The van der Waals surface area contributed by atoms with Crippen LogP contribution in [0.25, 0.3) is 11.4 Å². The van der Waals surface area contributed by atoms with E-state index < -0.39 is 0 Å². The van der Waals surface area contributed by atoms with Crippen molar-refractivity contribution in [3.63, 3.8) is 0 Å². The Kier molecular flexibility index (Phi) is 1.18. The predicted octanol–water partition coefficient (Wildman–Crippen LogP) is 1.64. The highest BCUT2D eigenvalue weighted by Gasteiger charge is 2.26. The lowest BCUT2D eigenvalue weighted by Gasteiger charge is -1.97. The van der Waals surface area contributed by atoms with E-state index in [1.165, 1.54) is 22.5 Å². The summed E-state index contributed by atoms with van der Waals surface area (Å²) >= 11 is 0. The van der Waals surface area contributed by atoms with Crippen molar-refractivity contribution in [3.05, 3.63) is 41.7 Å². The van der Waals surface area contributed by atoms with Gasteiger partial charge in [-0.2, -0.15) is 0 Å². The first-order chi connectivity index (χ1) is 6.36. The number of hydrogen-bond donors (Lipinski definition) is 1. The van der Waals surface area contributed by atoms with Crippen LogP contribution in [0.1, 0.15) is 11.1 Å². The fourth-order valence-corrected chi connectivity index (χ4v) is 2.09. The molecule has 1 aromatic carbocycles. The van der Waals surface area contributed by atoms with Crippen molar-refractivity contribution in [1.29, 1.82) is 0 Å². The van der Waals surface area contributed by atoms with Gasteiger partial charge in [0.05, 0.1) is 5.56 Å². The van der Waals surface area contributed by atoms with Crippen molar-refractivity contribution in [1.82, 2.24) is 4.98 Å². The van der Waals surface area contributed by atoms with Crippen LogP contribution in [0.15, 0.2) is 30.6 Å². The molecule has 1 aliphatic heterocycles. The zero-order chi connectivity index (χ0) is 8.84. The van der Waals surface area contributed by atoms with Crippen LogP contribution in [0.4, 0.5) is 0 Å². The van der Waals surface area contributed by atoms with E-state index in [0.717, 1.165) is 6.54 Å². The first-order valence-electron chi connectivity index (χ1n) is 4.52. The molecule has 1 N–H and O–H groups in total. The number of aryl methyl sites for hydroxylation is 1. The Morgan fingerprint density at radius 1 is 1.38 bits per heavy atom. The minimum Gasteiger partial charge on any atom is -0.243 e. The van der Waals surface area contributed by atoms with Gasteiger partial charge in [-0.1, -0.05) is 18.2 Å². The van der Waals surface area contributed by atoms with Gasteiger partial charge in [0.1, 0.15) is 18.9 Å². The Bertz CT molecular complexity index is 469. The van der Waals surface area contributed by atoms with Gasteiger partial charge in [0.2, 0.25) is 0 Å². The van der Waals surface area contributed by atoms with E-state index in [1.54, 1.807) is 0 Å². The minimum atomic E-state index is 1.01. The van der Waals surface area contributed by atoms with E-state index in [-0.39, 0.29) is 0 Å². The minimum absolute atomic E-state index is 1.01. The Morgan fingerprint density at radius 3 is 3.23 bits per heavy atom. The average molecular weight is 171 g/mol. The molecule has 0 atom stereocenters. The second-order valence-electron chi connectivity index (χ2n) is 3.55. The Hall–Kier alpha value is -1.57. The summed E-state index contributed by atoms with van der Waals surface area (Å²) in [6.45, 7) is 3.17. The normalized spacial score (nSPS) is 12.7. The van der Waals surface area contributed by atoms with Crippen LogP contribution in [0.3, 0.4) is 0 Å². The fraction of sp³-hybridized carbons (Fsp3) is 0.182. The molecule has 1 aliphatic rings. The van der Waals surface area contributed by atoms with Crippen LogP contribution in [-0.4, -0.2) is 4.98 Å². The van der Waals surface area contributed by atoms with E-state index in [9.17, 15) is 0 Å². The van der Waals surface area contributed by atoms with Crippen molar-refractivity contribution in [2.75, 3.05) is 0 Å². The standard InChI is InChI=1S/C11H10N2/c1-8-3-2-4-9-7-13-6-5-12-11(13)10(8)9/h2-6H,7H2,1H3/p+1. The van der Waals surface area contributed by atoms with Crippen LogP contribution in [-0.2, 0) is 6.54 Å². The summed E-state index contributed by atoms with van der Waals surface area (Å²) in [6, 6.07) is 6.49. The van der Waals surface area contributed by atoms with Gasteiger partial charge in [0.15, 0.2) is 0 Å². The van der Waals surface area contributed by atoms with Gasteiger partial charge in [-0.15, -0.1) is 0 Å².